The van der Waals surface area contributed by atoms with Crippen LogP contribution in [0, 0.1) is 21.7 Å². The van der Waals surface area contributed by atoms with Gasteiger partial charge < -0.3 is 4.74 Å². The average molecular weight is 327 g/mol. The van der Waals surface area contributed by atoms with Crippen molar-refractivity contribution in [2.24, 2.45) is 21.7 Å². The average Bonchev–Trinajstić information content (AvgIpc) is 2.22. The lowest BCUT2D eigenvalue weighted by Crippen LogP contribution is -2.51. The molecule has 0 aliphatic rings. The molecule has 3 heteroatoms. The smallest absolute Gasteiger partial charge is 0.167 e. The first-order valence-corrected chi connectivity index (χ1v) is 8.53. The number of ether oxygens (including phenoxy) is 1. The lowest BCUT2D eigenvalue weighted by molar-refractivity contribution is -0.170. The van der Waals surface area contributed by atoms with Gasteiger partial charge in [0.25, 0.3) is 0 Å². The zero-order valence-corrected chi connectivity index (χ0v) is 17.4. The molecule has 23 heavy (non-hydrogen) atoms. The molecule has 0 bridgehead atoms. The minimum atomic E-state index is -0.613. The molecule has 0 rings (SSSR count). The summed E-state index contributed by atoms with van der Waals surface area (Å²) in [6.45, 7) is 23.3. The van der Waals surface area contributed by atoms with Gasteiger partial charge in [-0.3, -0.25) is 9.59 Å². The third-order valence-corrected chi connectivity index (χ3v) is 3.80. The molecule has 2 unspecified atom stereocenters. The molecule has 0 aromatic carbocycles. The fraction of sp³-hybridized carbons (Fsp3) is 0.900. The van der Waals surface area contributed by atoms with E-state index in [9.17, 15) is 9.59 Å². The van der Waals surface area contributed by atoms with Crippen molar-refractivity contribution in [3.8, 4) is 0 Å². The molecule has 0 aromatic heterocycles. The Kier molecular flexibility index (Phi) is 6.46. The molecule has 0 aromatic rings. The number of carbonyl (C=O) groups excluding carboxylic acids is 2. The maximum atomic E-state index is 12.9. The van der Waals surface area contributed by atoms with Crippen molar-refractivity contribution < 1.29 is 14.3 Å². The van der Waals surface area contributed by atoms with E-state index in [1.54, 1.807) is 0 Å². The van der Waals surface area contributed by atoms with Gasteiger partial charge in [-0.1, -0.05) is 83.1 Å². The Bertz CT molecular complexity index is 391. The monoisotopic (exact) mass is 326 g/mol. The van der Waals surface area contributed by atoms with E-state index in [1.165, 1.54) is 0 Å². The van der Waals surface area contributed by atoms with Crippen LogP contribution in [-0.4, -0.2) is 23.8 Å². The summed E-state index contributed by atoms with van der Waals surface area (Å²) in [5.41, 5.74) is -1.76. The lowest BCUT2D eigenvalue weighted by Gasteiger charge is -2.41. The highest BCUT2D eigenvalue weighted by Crippen LogP contribution is 2.36. The van der Waals surface area contributed by atoms with E-state index in [0.717, 1.165) is 0 Å². The van der Waals surface area contributed by atoms with Crippen molar-refractivity contribution in [1.29, 1.82) is 0 Å². The van der Waals surface area contributed by atoms with Gasteiger partial charge in [0, 0.05) is 10.8 Å². The summed E-state index contributed by atoms with van der Waals surface area (Å²) in [7, 11) is 0. The van der Waals surface area contributed by atoms with Crippen molar-refractivity contribution in [3.05, 3.63) is 0 Å². The molecule has 0 spiro atoms. The zero-order valence-electron chi connectivity index (χ0n) is 17.4. The van der Waals surface area contributed by atoms with Crippen LogP contribution in [0.25, 0.3) is 0 Å². The van der Waals surface area contributed by atoms with Crippen LogP contribution in [-0.2, 0) is 14.3 Å². The van der Waals surface area contributed by atoms with Crippen molar-refractivity contribution in [3.63, 3.8) is 0 Å². The maximum absolute atomic E-state index is 12.9. The van der Waals surface area contributed by atoms with E-state index in [2.05, 4.69) is 0 Å². The molecular weight excluding hydrogens is 288 g/mol. The Morgan fingerprint density at radius 3 is 0.913 bits per heavy atom. The quantitative estimate of drug-likeness (QED) is 0.725. The normalized spacial score (nSPS) is 16.9. The predicted molar refractivity (Wildman–Crippen MR) is 96.5 cm³/mol. The molecule has 2 atom stereocenters. The van der Waals surface area contributed by atoms with Crippen LogP contribution in [0.5, 0.6) is 0 Å². The van der Waals surface area contributed by atoms with E-state index >= 15 is 0 Å². The van der Waals surface area contributed by atoms with Crippen LogP contribution in [0.3, 0.4) is 0 Å². The topological polar surface area (TPSA) is 43.4 Å². The molecule has 0 heterocycles. The first-order chi connectivity index (χ1) is 9.79. The van der Waals surface area contributed by atoms with E-state index in [4.69, 9.17) is 4.74 Å². The molecule has 0 fully saturated rings. The molecule has 136 valence electrons. The fourth-order valence-electron chi connectivity index (χ4n) is 2.24. The molecule has 0 amide bonds. The standard InChI is InChI=1S/C20H38O3/c1-17(2,3)13(21)15(19(7,8)9)23-16(20(10,11)12)14(22)18(4,5)6/h15-16H,1-12H3. The van der Waals surface area contributed by atoms with Crippen LogP contribution in [0.1, 0.15) is 83.1 Å². The zero-order chi connectivity index (χ0) is 19.0. The second-order valence-electron chi connectivity index (χ2n) is 10.9. The van der Waals surface area contributed by atoms with Gasteiger partial charge in [-0.15, -0.1) is 0 Å². The second kappa shape index (κ2) is 6.66. The van der Waals surface area contributed by atoms with Crippen LogP contribution in [0.4, 0.5) is 0 Å². The minimum Gasteiger partial charge on any atom is -0.358 e. The van der Waals surface area contributed by atoms with E-state index < -0.39 is 23.0 Å². The third kappa shape index (κ3) is 6.37. The number of rotatable bonds is 4. The highest BCUT2D eigenvalue weighted by molar-refractivity contribution is 5.91. The van der Waals surface area contributed by atoms with Gasteiger partial charge in [-0.05, 0) is 10.8 Å². The van der Waals surface area contributed by atoms with E-state index in [0.29, 0.717) is 0 Å². The van der Waals surface area contributed by atoms with Gasteiger partial charge in [-0.25, -0.2) is 0 Å². The summed E-state index contributed by atoms with van der Waals surface area (Å²) < 4.78 is 6.26. The Morgan fingerprint density at radius 1 is 0.565 bits per heavy atom. The summed E-state index contributed by atoms with van der Waals surface area (Å²) in [5.74, 6) is 0.0851. The lowest BCUT2D eigenvalue weighted by atomic mass is 9.75. The van der Waals surface area contributed by atoms with Crippen molar-refractivity contribution in [1.82, 2.24) is 0 Å². The summed E-state index contributed by atoms with van der Waals surface area (Å²) in [5, 5.41) is 0. The maximum Gasteiger partial charge on any atom is 0.167 e. The number of ketones is 2. The molecular formula is C20H38O3. The Balaban J connectivity index is 5.84. The summed E-state index contributed by atoms with van der Waals surface area (Å²) in [6, 6.07) is 0. The molecule has 0 N–H and O–H groups in total. The van der Waals surface area contributed by atoms with Crippen LogP contribution in [0.2, 0.25) is 0 Å². The molecule has 0 aliphatic carbocycles. The van der Waals surface area contributed by atoms with Gasteiger partial charge in [0.2, 0.25) is 0 Å². The highest BCUT2D eigenvalue weighted by atomic mass is 16.5. The molecule has 0 aliphatic heterocycles. The molecule has 0 saturated carbocycles. The third-order valence-electron chi connectivity index (χ3n) is 3.80. The van der Waals surface area contributed by atoms with Gasteiger partial charge in [0.1, 0.15) is 12.2 Å². The van der Waals surface area contributed by atoms with Crippen molar-refractivity contribution >= 4 is 11.6 Å². The van der Waals surface area contributed by atoms with Crippen molar-refractivity contribution in [2.45, 2.75) is 95.3 Å². The van der Waals surface area contributed by atoms with Gasteiger partial charge in [0.05, 0.1) is 0 Å². The van der Waals surface area contributed by atoms with Gasteiger partial charge in [-0.2, -0.15) is 0 Å². The molecule has 3 nitrogen and oxygen atoms in total. The Morgan fingerprint density at radius 2 is 0.783 bits per heavy atom. The Hall–Kier alpha value is -0.700. The number of hydrogen-bond donors (Lipinski definition) is 0. The molecule has 0 saturated heterocycles. The first kappa shape index (κ1) is 22.3. The SMILES string of the molecule is CC(C)(C)C(=O)C(OC(C(=O)C(C)(C)C)C(C)(C)C)C(C)(C)C. The number of Topliss-reactive ketones (excluding diaryl/α,β-unsaturated/α-hetero) is 2. The van der Waals surface area contributed by atoms with E-state index in [-0.39, 0.29) is 22.4 Å². The summed E-state index contributed by atoms with van der Waals surface area (Å²) in [6.07, 6.45) is -1.23. The van der Waals surface area contributed by atoms with Crippen LogP contribution < -0.4 is 0 Å². The summed E-state index contributed by atoms with van der Waals surface area (Å²) >= 11 is 0. The van der Waals surface area contributed by atoms with Crippen LogP contribution in [0.15, 0.2) is 0 Å². The number of carbonyl (C=O) groups is 2. The van der Waals surface area contributed by atoms with Crippen molar-refractivity contribution in [2.75, 3.05) is 0 Å². The predicted octanol–water partition coefficient (Wildman–Crippen LogP) is 5.06. The number of hydrogen-bond acceptors (Lipinski definition) is 3. The highest BCUT2D eigenvalue weighted by Gasteiger charge is 2.45. The second-order valence-corrected chi connectivity index (χ2v) is 10.9. The summed E-state index contributed by atoms with van der Waals surface area (Å²) in [4.78, 5) is 25.8. The fourth-order valence-corrected chi connectivity index (χ4v) is 2.24. The van der Waals surface area contributed by atoms with E-state index in [1.807, 2.05) is 83.1 Å². The van der Waals surface area contributed by atoms with Gasteiger partial charge >= 0.3 is 0 Å². The first-order valence-electron chi connectivity index (χ1n) is 8.53. The largest absolute Gasteiger partial charge is 0.358 e. The Labute approximate surface area is 143 Å². The molecule has 0 radical (unpaired) electrons. The van der Waals surface area contributed by atoms with Crippen LogP contribution >= 0.6 is 0 Å². The van der Waals surface area contributed by atoms with Gasteiger partial charge in [0.15, 0.2) is 11.6 Å². The minimum absolute atomic E-state index is 0.0426.